The molecule has 0 aliphatic carbocycles. The fourth-order valence-electron chi connectivity index (χ4n) is 3.00. The highest BCUT2D eigenvalue weighted by Gasteiger charge is 2.31. The second-order valence-corrected chi connectivity index (χ2v) is 8.86. The lowest BCUT2D eigenvalue weighted by Gasteiger charge is -2.24. The first-order chi connectivity index (χ1) is 14.6. The van der Waals surface area contributed by atoms with Crippen molar-refractivity contribution in [3.63, 3.8) is 0 Å². The van der Waals surface area contributed by atoms with E-state index in [9.17, 15) is 17.6 Å². The number of sulfonamides is 1. The van der Waals surface area contributed by atoms with Crippen molar-refractivity contribution in [2.75, 3.05) is 23.3 Å². The van der Waals surface area contributed by atoms with Gasteiger partial charge >= 0.3 is 0 Å². The molecule has 1 aromatic heterocycles. The van der Waals surface area contributed by atoms with Crippen molar-refractivity contribution in [1.82, 2.24) is 10.2 Å². The molecule has 1 amide bonds. The SMILES string of the molecule is COc1ccc(N(CC(=O)Nc2ccc(F)c(Cl)c2)S(=O)(=O)c2c(C)n[nH]c2C)cc1. The van der Waals surface area contributed by atoms with Crippen LogP contribution >= 0.6 is 11.6 Å². The van der Waals surface area contributed by atoms with Crippen molar-refractivity contribution >= 4 is 38.9 Å². The minimum Gasteiger partial charge on any atom is -0.497 e. The predicted octanol–water partition coefficient (Wildman–Crippen LogP) is 3.66. The minimum absolute atomic E-state index is 0.0130. The summed E-state index contributed by atoms with van der Waals surface area (Å²) in [6.45, 7) is 2.61. The Labute approximate surface area is 184 Å². The van der Waals surface area contributed by atoms with Crippen LogP contribution in [0.5, 0.6) is 5.75 Å². The van der Waals surface area contributed by atoms with Crippen molar-refractivity contribution < 1.29 is 22.3 Å². The number of halogens is 2. The van der Waals surface area contributed by atoms with Crippen LogP contribution in [0.4, 0.5) is 15.8 Å². The summed E-state index contributed by atoms with van der Waals surface area (Å²) < 4.78 is 46.4. The van der Waals surface area contributed by atoms with Gasteiger partial charge in [0.25, 0.3) is 10.0 Å². The number of carbonyl (C=O) groups excluding carboxylic acids is 1. The molecule has 3 rings (SSSR count). The zero-order chi connectivity index (χ0) is 22.8. The van der Waals surface area contributed by atoms with Gasteiger partial charge in [-0.1, -0.05) is 11.6 Å². The number of methoxy groups -OCH3 is 1. The van der Waals surface area contributed by atoms with Gasteiger partial charge in [-0.15, -0.1) is 0 Å². The summed E-state index contributed by atoms with van der Waals surface area (Å²) in [4.78, 5) is 12.7. The number of nitrogens with zero attached hydrogens (tertiary/aromatic N) is 2. The Balaban J connectivity index is 1.97. The normalized spacial score (nSPS) is 11.3. The zero-order valence-electron chi connectivity index (χ0n) is 16.9. The second-order valence-electron chi connectivity index (χ2n) is 6.65. The van der Waals surface area contributed by atoms with E-state index in [2.05, 4.69) is 15.5 Å². The maximum Gasteiger partial charge on any atom is 0.268 e. The molecule has 8 nitrogen and oxygen atoms in total. The van der Waals surface area contributed by atoms with Crippen LogP contribution in [0.25, 0.3) is 0 Å². The van der Waals surface area contributed by atoms with Crippen LogP contribution in [0.15, 0.2) is 47.4 Å². The Morgan fingerprint density at radius 1 is 1.23 bits per heavy atom. The molecule has 31 heavy (non-hydrogen) atoms. The van der Waals surface area contributed by atoms with Crippen LogP contribution in [-0.4, -0.2) is 38.2 Å². The van der Waals surface area contributed by atoms with Gasteiger partial charge in [-0.2, -0.15) is 5.10 Å². The standard InChI is InChI=1S/C20H20ClFN4O4S/c1-12-20(13(2)25-24-12)31(28,29)26(15-5-7-16(30-3)8-6-15)11-19(27)23-14-4-9-18(22)17(21)10-14/h4-10H,11H2,1-3H3,(H,23,27)(H,24,25). The number of amides is 1. The number of benzene rings is 2. The highest BCUT2D eigenvalue weighted by atomic mass is 35.5. The summed E-state index contributed by atoms with van der Waals surface area (Å²) in [7, 11) is -2.65. The number of aromatic nitrogens is 2. The summed E-state index contributed by atoms with van der Waals surface area (Å²) >= 11 is 5.75. The number of carbonyl (C=O) groups is 1. The van der Waals surface area contributed by atoms with Gasteiger partial charge in [-0.25, -0.2) is 12.8 Å². The summed E-state index contributed by atoms with van der Waals surface area (Å²) in [6.07, 6.45) is 0. The number of aromatic amines is 1. The Bertz CT molecular complexity index is 1190. The largest absolute Gasteiger partial charge is 0.497 e. The van der Waals surface area contributed by atoms with E-state index in [-0.39, 0.29) is 27.0 Å². The van der Waals surface area contributed by atoms with Crippen LogP contribution < -0.4 is 14.4 Å². The monoisotopic (exact) mass is 466 g/mol. The van der Waals surface area contributed by atoms with Crippen LogP contribution in [0.1, 0.15) is 11.4 Å². The Morgan fingerprint density at radius 3 is 2.45 bits per heavy atom. The maximum absolute atomic E-state index is 13.5. The predicted molar refractivity (Wildman–Crippen MR) is 116 cm³/mol. The van der Waals surface area contributed by atoms with Crippen LogP contribution in [0, 0.1) is 19.7 Å². The molecule has 2 aromatic carbocycles. The molecule has 0 saturated heterocycles. The lowest BCUT2D eigenvalue weighted by Crippen LogP contribution is -2.38. The van der Waals surface area contributed by atoms with Crippen molar-refractivity contribution in [2.45, 2.75) is 18.7 Å². The number of hydrogen-bond donors (Lipinski definition) is 2. The number of rotatable bonds is 7. The van der Waals surface area contributed by atoms with Gasteiger partial charge in [0, 0.05) is 5.69 Å². The molecule has 0 aliphatic rings. The van der Waals surface area contributed by atoms with E-state index in [1.54, 1.807) is 26.0 Å². The third kappa shape index (κ3) is 4.80. The Morgan fingerprint density at radius 2 is 1.90 bits per heavy atom. The topological polar surface area (TPSA) is 104 Å². The molecule has 0 unspecified atom stereocenters. The smallest absolute Gasteiger partial charge is 0.268 e. The van der Waals surface area contributed by atoms with E-state index in [1.165, 1.54) is 31.4 Å². The van der Waals surface area contributed by atoms with E-state index in [0.717, 1.165) is 10.4 Å². The quantitative estimate of drug-likeness (QED) is 0.553. The molecule has 164 valence electrons. The summed E-state index contributed by atoms with van der Waals surface area (Å²) in [6, 6.07) is 9.91. The molecule has 0 atom stereocenters. The zero-order valence-corrected chi connectivity index (χ0v) is 18.5. The van der Waals surface area contributed by atoms with Gasteiger partial charge in [0.1, 0.15) is 23.0 Å². The molecule has 1 heterocycles. The molecule has 0 radical (unpaired) electrons. The molecular formula is C20H20ClFN4O4S. The van der Waals surface area contributed by atoms with Gasteiger partial charge < -0.3 is 10.1 Å². The van der Waals surface area contributed by atoms with Crippen LogP contribution in [0.2, 0.25) is 5.02 Å². The first-order valence-corrected chi connectivity index (χ1v) is 10.9. The lowest BCUT2D eigenvalue weighted by atomic mass is 10.3. The molecule has 0 fully saturated rings. The number of anilines is 2. The van der Waals surface area contributed by atoms with Crippen LogP contribution in [0.3, 0.4) is 0 Å². The minimum atomic E-state index is -4.14. The number of H-pyrrole nitrogens is 1. The molecular weight excluding hydrogens is 447 g/mol. The van der Waals surface area contributed by atoms with Gasteiger partial charge in [0.2, 0.25) is 5.91 Å². The average molecular weight is 467 g/mol. The van der Waals surface area contributed by atoms with Crippen molar-refractivity contribution in [2.24, 2.45) is 0 Å². The van der Waals surface area contributed by atoms with Gasteiger partial charge in [0.05, 0.1) is 29.2 Å². The number of aryl methyl sites for hydroxylation is 2. The van der Waals surface area contributed by atoms with E-state index in [1.807, 2.05) is 0 Å². The average Bonchev–Trinajstić information content (AvgIpc) is 3.08. The van der Waals surface area contributed by atoms with E-state index >= 15 is 0 Å². The third-order valence-electron chi connectivity index (χ3n) is 4.46. The lowest BCUT2D eigenvalue weighted by molar-refractivity contribution is -0.114. The third-order valence-corrected chi connectivity index (χ3v) is 6.79. The van der Waals surface area contributed by atoms with E-state index in [4.69, 9.17) is 16.3 Å². The molecule has 0 saturated carbocycles. The molecule has 0 spiro atoms. The summed E-state index contributed by atoms with van der Waals surface area (Å²) in [5.74, 6) is -0.740. The van der Waals surface area contributed by atoms with Crippen molar-refractivity contribution in [3.05, 3.63) is 64.7 Å². The second kappa shape index (κ2) is 8.94. The van der Waals surface area contributed by atoms with Crippen molar-refractivity contribution in [1.29, 1.82) is 0 Å². The molecule has 3 aromatic rings. The fraction of sp³-hybridized carbons (Fsp3) is 0.200. The Kier molecular flexibility index (Phi) is 6.51. The summed E-state index contributed by atoms with van der Waals surface area (Å²) in [5.41, 5.74) is 1.12. The number of hydrogen-bond acceptors (Lipinski definition) is 5. The highest BCUT2D eigenvalue weighted by molar-refractivity contribution is 7.93. The van der Waals surface area contributed by atoms with E-state index < -0.39 is 28.3 Å². The van der Waals surface area contributed by atoms with E-state index in [0.29, 0.717) is 11.4 Å². The fourth-order valence-corrected chi connectivity index (χ4v) is 4.94. The maximum atomic E-state index is 13.5. The number of ether oxygens (including phenoxy) is 1. The Hall–Kier alpha value is -3.11. The molecule has 11 heteroatoms. The molecule has 2 N–H and O–H groups in total. The van der Waals surface area contributed by atoms with Crippen LogP contribution in [-0.2, 0) is 14.8 Å². The first-order valence-electron chi connectivity index (χ1n) is 9.06. The van der Waals surface area contributed by atoms with Crippen molar-refractivity contribution in [3.8, 4) is 5.75 Å². The molecule has 0 aliphatic heterocycles. The first kappa shape index (κ1) is 22.6. The van der Waals surface area contributed by atoms with Gasteiger partial charge in [0.15, 0.2) is 0 Å². The van der Waals surface area contributed by atoms with Gasteiger partial charge in [-0.05, 0) is 56.3 Å². The summed E-state index contributed by atoms with van der Waals surface area (Å²) in [5, 5.41) is 8.97. The van der Waals surface area contributed by atoms with Gasteiger partial charge in [-0.3, -0.25) is 14.2 Å². The molecule has 0 bridgehead atoms. The highest BCUT2D eigenvalue weighted by Crippen LogP contribution is 2.28. The number of nitrogens with one attached hydrogen (secondary N) is 2.